The fourth-order valence-electron chi connectivity index (χ4n) is 3.03. The van der Waals surface area contributed by atoms with E-state index in [0.29, 0.717) is 35.2 Å². The summed E-state index contributed by atoms with van der Waals surface area (Å²) in [6.07, 6.45) is 2.07. The Hall–Kier alpha value is -3.60. The summed E-state index contributed by atoms with van der Waals surface area (Å²) in [5, 5.41) is 5.87. The van der Waals surface area contributed by atoms with Crippen LogP contribution in [0.25, 0.3) is 0 Å². The van der Waals surface area contributed by atoms with E-state index in [1.54, 1.807) is 36.4 Å². The van der Waals surface area contributed by atoms with Crippen molar-refractivity contribution in [1.82, 2.24) is 5.32 Å². The second kappa shape index (κ2) is 8.82. The van der Waals surface area contributed by atoms with Crippen LogP contribution in [0.2, 0.25) is 0 Å². The van der Waals surface area contributed by atoms with Crippen LogP contribution in [0.15, 0.2) is 72.8 Å². The molecule has 0 spiro atoms. The summed E-state index contributed by atoms with van der Waals surface area (Å²) in [4.78, 5) is 25.0. The van der Waals surface area contributed by atoms with Crippen molar-refractivity contribution in [3.63, 3.8) is 0 Å². The smallest absolute Gasteiger partial charge is 0.255 e. The quantitative estimate of drug-likeness (QED) is 0.603. The van der Waals surface area contributed by atoms with E-state index in [9.17, 15) is 9.59 Å². The fourth-order valence-corrected chi connectivity index (χ4v) is 3.03. The van der Waals surface area contributed by atoms with Gasteiger partial charge in [-0.3, -0.25) is 9.59 Å². The van der Waals surface area contributed by atoms with Crippen molar-refractivity contribution in [2.45, 2.75) is 32.4 Å². The molecular formula is C25H24N2O3. The van der Waals surface area contributed by atoms with Gasteiger partial charge in [-0.2, -0.15) is 0 Å². The van der Waals surface area contributed by atoms with Crippen LogP contribution in [-0.4, -0.2) is 17.9 Å². The highest BCUT2D eigenvalue weighted by atomic mass is 16.5. The lowest BCUT2D eigenvalue weighted by molar-refractivity contribution is 0.0949. The van der Waals surface area contributed by atoms with Crippen molar-refractivity contribution in [3.05, 3.63) is 95.1 Å². The van der Waals surface area contributed by atoms with Crippen LogP contribution in [0.3, 0.4) is 0 Å². The molecule has 3 aromatic carbocycles. The van der Waals surface area contributed by atoms with Gasteiger partial charge in [-0.05, 0) is 67.3 Å². The molecule has 152 valence electrons. The molecule has 1 fully saturated rings. The molecule has 1 aliphatic carbocycles. The lowest BCUT2D eigenvalue weighted by Crippen LogP contribution is -2.25. The maximum atomic E-state index is 12.7. The Bertz CT molecular complexity index is 1040. The normalized spacial score (nSPS) is 12.8. The zero-order valence-corrected chi connectivity index (χ0v) is 16.9. The van der Waals surface area contributed by atoms with Gasteiger partial charge in [0.25, 0.3) is 11.8 Å². The predicted molar refractivity (Wildman–Crippen MR) is 117 cm³/mol. The Morgan fingerprint density at radius 1 is 0.900 bits per heavy atom. The van der Waals surface area contributed by atoms with Gasteiger partial charge in [0, 0.05) is 22.9 Å². The molecule has 0 aliphatic heterocycles. The van der Waals surface area contributed by atoms with Crippen LogP contribution < -0.4 is 15.4 Å². The van der Waals surface area contributed by atoms with E-state index in [0.717, 1.165) is 24.0 Å². The van der Waals surface area contributed by atoms with Gasteiger partial charge in [0.05, 0.1) is 0 Å². The first-order valence-corrected chi connectivity index (χ1v) is 10.1. The number of carbonyl (C=O) groups excluding carboxylic acids is 2. The average molecular weight is 400 g/mol. The average Bonchev–Trinajstić information content (AvgIpc) is 3.59. The highest BCUT2D eigenvalue weighted by Crippen LogP contribution is 2.22. The monoisotopic (exact) mass is 400 g/mol. The molecule has 30 heavy (non-hydrogen) atoms. The molecule has 0 radical (unpaired) electrons. The van der Waals surface area contributed by atoms with Crippen LogP contribution in [0.4, 0.5) is 5.69 Å². The zero-order chi connectivity index (χ0) is 20.9. The molecule has 1 aliphatic rings. The second-order valence-corrected chi connectivity index (χ2v) is 7.53. The minimum atomic E-state index is -0.229. The molecule has 2 amide bonds. The Balaban J connectivity index is 1.39. The molecule has 0 unspecified atom stereocenters. The van der Waals surface area contributed by atoms with Gasteiger partial charge in [0.15, 0.2) is 0 Å². The Labute approximate surface area is 176 Å². The number of carbonyl (C=O) groups is 2. The molecule has 0 bridgehead atoms. The number of ether oxygens (including phenoxy) is 1. The summed E-state index contributed by atoms with van der Waals surface area (Å²) in [7, 11) is 0. The van der Waals surface area contributed by atoms with E-state index < -0.39 is 0 Å². The molecule has 4 rings (SSSR count). The molecule has 0 saturated heterocycles. The number of amides is 2. The summed E-state index contributed by atoms with van der Waals surface area (Å²) in [6.45, 7) is 2.37. The van der Waals surface area contributed by atoms with Gasteiger partial charge in [0.2, 0.25) is 0 Å². The highest BCUT2D eigenvalue weighted by Gasteiger charge is 2.24. The first-order chi connectivity index (χ1) is 14.6. The number of rotatable bonds is 7. The van der Waals surface area contributed by atoms with Crippen molar-refractivity contribution in [1.29, 1.82) is 0 Å². The number of anilines is 1. The van der Waals surface area contributed by atoms with E-state index in [2.05, 4.69) is 10.6 Å². The third-order valence-corrected chi connectivity index (χ3v) is 5.03. The Morgan fingerprint density at radius 3 is 2.30 bits per heavy atom. The summed E-state index contributed by atoms with van der Waals surface area (Å²) >= 11 is 0. The van der Waals surface area contributed by atoms with Crippen LogP contribution >= 0.6 is 0 Å². The van der Waals surface area contributed by atoms with Gasteiger partial charge in [0.1, 0.15) is 12.4 Å². The maximum Gasteiger partial charge on any atom is 0.255 e. The van der Waals surface area contributed by atoms with Crippen molar-refractivity contribution in [3.8, 4) is 5.75 Å². The van der Waals surface area contributed by atoms with E-state index in [1.807, 2.05) is 43.3 Å². The standard InChI is InChI=1S/C25H24N2O3/c1-17-7-8-20(25(29)26-21-11-12-21)15-23(17)27-24(28)19-9-13-22(14-10-19)30-16-18-5-3-2-4-6-18/h2-10,13-15,21H,11-12,16H2,1H3,(H,26,29)(H,27,28). The molecule has 5 nitrogen and oxygen atoms in total. The lowest BCUT2D eigenvalue weighted by Gasteiger charge is -2.12. The first-order valence-electron chi connectivity index (χ1n) is 10.1. The highest BCUT2D eigenvalue weighted by molar-refractivity contribution is 6.05. The minimum Gasteiger partial charge on any atom is -0.489 e. The van der Waals surface area contributed by atoms with E-state index >= 15 is 0 Å². The van der Waals surface area contributed by atoms with Crippen molar-refractivity contribution < 1.29 is 14.3 Å². The van der Waals surface area contributed by atoms with Crippen LogP contribution in [0, 0.1) is 6.92 Å². The molecule has 0 atom stereocenters. The molecule has 5 heteroatoms. The minimum absolute atomic E-state index is 0.104. The van der Waals surface area contributed by atoms with E-state index in [-0.39, 0.29) is 11.8 Å². The zero-order valence-electron chi connectivity index (χ0n) is 16.9. The maximum absolute atomic E-state index is 12.7. The van der Waals surface area contributed by atoms with Gasteiger partial charge in [-0.25, -0.2) is 0 Å². The van der Waals surface area contributed by atoms with Gasteiger partial charge in [-0.15, -0.1) is 0 Å². The summed E-state index contributed by atoms with van der Waals surface area (Å²) in [6, 6.07) is 22.6. The predicted octanol–water partition coefficient (Wildman–Crippen LogP) is 4.72. The van der Waals surface area contributed by atoms with Crippen LogP contribution in [0.1, 0.15) is 44.7 Å². The number of hydrogen-bond donors (Lipinski definition) is 2. The molecule has 0 heterocycles. The number of hydrogen-bond acceptors (Lipinski definition) is 3. The topological polar surface area (TPSA) is 67.4 Å². The molecule has 2 N–H and O–H groups in total. The van der Waals surface area contributed by atoms with Gasteiger partial charge >= 0.3 is 0 Å². The van der Waals surface area contributed by atoms with E-state index in [1.165, 1.54) is 0 Å². The first kappa shape index (κ1) is 19.7. The van der Waals surface area contributed by atoms with Gasteiger partial charge < -0.3 is 15.4 Å². The van der Waals surface area contributed by atoms with Crippen LogP contribution in [0.5, 0.6) is 5.75 Å². The molecule has 0 aromatic heterocycles. The summed E-state index contributed by atoms with van der Waals surface area (Å²) in [5.74, 6) is 0.366. The number of benzene rings is 3. The molecule has 3 aromatic rings. The Morgan fingerprint density at radius 2 is 1.60 bits per heavy atom. The molecular weight excluding hydrogens is 376 g/mol. The fraction of sp³-hybridized carbons (Fsp3) is 0.200. The largest absolute Gasteiger partial charge is 0.489 e. The van der Waals surface area contributed by atoms with Crippen LogP contribution in [-0.2, 0) is 6.61 Å². The van der Waals surface area contributed by atoms with E-state index in [4.69, 9.17) is 4.74 Å². The molecule has 1 saturated carbocycles. The number of nitrogens with one attached hydrogen (secondary N) is 2. The third-order valence-electron chi connectivity index (χ3n) is 5.03. The Kier molecular flexibility index (Phi) is 5.80. The van der Waals surface area contributed by atoms with Crippen molar-refractivity contribution in [2.24, 2.45) is 0 Å². The van der Waals surface area contributed by atoms with Crippen molar-refractivity contribution >= 4 is 17.5 Å². The lowest BCUT2D eigenvalue weighted by atomic mass is 10.1. The number of aryl methyl sites for hydroxylation is 1. The second-order valence-electron chi connectivity index (χ2n) is 7.53. The summed E-state index contributed by atoms with van der Waals surface area (Å²) < 4.78 is 5.77. The van der Waals surface area contributed by atoms with Gasteiger partial charge in [-0.1, -0.05) is 36.4 Å². The van der Waals surface area contributed by atoms with Crippen molar-refractivity contribution in [2.75, 3.05) is 5.32 Å². The third kappa shape index (κ3) is 5.06. The summed E-state index contributed by atoms with van der Waals surface area (Å²) in [5.41, 5.74) is 3.68. The SMILES string of the molecule is Cc1ccc(C(=O)NC2CC2)cc1NC(=O)c1ccc(OCc2ccccc2)cc1.